The standard InChI is InChI=1S/C15H17N3O/c1-11-4-3-7-17-14(11)15(19)18-10-13-6-2-5-12(8-13)9-16/h2-8H,9-10,16H2,1H3,(H,18,19). The maximum absolute atomic E-state index is 12.0. The first kappa shape index (κ1) is 13.2. The third kappa shape index (κ3) is 3.39. The van der Waals surface area contributed by atoms with E-state index in [0.717, 1.165) is 16.7 Å². The fourth-order valence-electron chi connectivity index (χ4n) is 1.86. The van der Waals surface area contributed by atoms with Crippen molar-refractivity contribution in [3.63, 3.8) is 0 Å². The van der Waals surface area contributed by atoms with Gasteiger partial charge >= 0.3 is 0 Å². The van der Waals surface area contributed by atoms with Crippen LogP contribution in [0.5, 0.6) is 0 Å². The van der Waals surface area contributed by atoms with Crippen LogP contribution in [-0.4, -0.2) is 10.9 Å². The number of carbonyl (C=O) groups excluding carboxylic acids is 1. The van der Waals surface area contributed by atoms with E-state index >= 15 is 0 Å². The van der Waals surface area contributed by atoms with Gasteiger partial charge in [-0.3, -0.25) is 9.78 Å². The van der Waals surface area contributed by atoms with Crippen molar-refractivity contribution < 1.29 is 4.79 Å². The Morgan fingerprint density at radius 1 is 1.26 bits per heavy atom. The molecule has 0 aliphatic heterocycles. The molecule has 0 fully saturated rings. The first-order valence-corrected chi connectivity index (χ1v) is 6.18. The van der Waals surface area contributed by atoms with E-state index in [1.165, 1.54) is 0 Å². The zero-order chi connectivity index (χ0) is 13.7. The lowest BCUT2D eigenvalue weighted by Crippen LogP contribution is -2.24. The largest absolute Gasteiger partial charge is 0.347 e. The lowest BCUT2D eigenvalue weighted by Gasteiger charge is -2.07. The highest BCUT2D eigenvalue weighted by Gasteiger charge is 2.09. The number of amides is 1. The Morgan fingerprint density at radius 3 is 2.79 bits per heavy atom. The number of benzene rings is 1. The van der Waals surface area contributed by atoms with E-state index < -0.39 is 0 Å². The molecule has 1 aromatic heterocycles. The Morgan fingerprint density at radius 2 is 2.05 bits per heavy atom. The van der Waals surface area contributed by atoms with Gasteiger partial charge < -0.3 is 11.1 Å². The van der Waals surface area contributed by atoms with Crippen molar-refractivity contribution >= 4 is 5.91 Å². The molecular weight excluding hydrogens is 238 g/mol. The maximum atomic E-state index is 12.0. The summed E-state index contributed by atoms with van der Waals surface area (Å²) in [5.74, 6) is -0.156. The number of pyridine rings is 1. The molecule has 0 aliphatic carbocycles. The predicted octanol–water partition coefficient (Wildman–Crippen LogP) is 1.78. The molecular formula is C15H17N3O. The Balaban J connectivity index is 2.02. The second-order valence-corrected chi connectivity index (χ2v) is 4.38. The second-order valence-electron chi connectivity index (χ2n) is 4.38. The van der Waals surface area contributed by atoms with Crippen molar-refractivity contribution in [2.45, 2.75) is 20.0 Å². The zero-order valence-electron chi connectivity index (χ0n) is 10.9. The first-order chi connectivity index (χ1) is 9.20. The first-order valence-electron chi connectivity index (χ1n) is 6.18. The van der Waals surface area contributed by atoms with Crippen LogP contribution in [0, 0.1) is 6.92 Å². The molecule has 0 spiro atoms. The van der Waals surface area contributed by atoms with Crippen molar-refractivity contribution in [1.29, 1.82) is 0 Å². The van der Waals surface area contributed by atoms with Gasteiger partial charge in [0.2, 0.25) is 0 Å². The molecule has 1 heterocycles. The van der Waals surface area contributed by atoms with Crippen LogP contribution in [0.3, 0.4) is 0 Å². The summed E-state index contributed by atoms with van der Waals surface area (Å²) >= 11 is 0. The number of nitrogens with two attached hydrogens (primary N) is 1. The van der Waals surface area contributed by atoms with Gasteiger partial charge in [0.15, 0.2) is 0 Å². The van der Waals surface area contributed by atoms with E-state index in [4.69, 9.17) is 5.73 Å². The molecule has 0 saturated heterocycles. The second kappa shape index (κ2) is 6.11. The van der Waals surface area contributed by atoms with Crippen molar-refractivity contribution in [2.75, 3.05) is 0 Å². The molecule has 19 heavy (non-hydrogen) atoms. The summed E-state index contributed by atoms with van der Waals surface area (Å²) in [5.41, 5.74) is 9.02. The Kier molecular flexibility index (Phi) is 4.26. The fourth-order valence-corrected chi connectivity index (χ4v) is 1.86. The van der Waals surface area contributed by atoms with Gasteiger partial charge in [-0.05, 0) is 29.7 Å². The van der Waals surface area contributed by atoms with Crippen LogP contribution in [0.15, 0.2) is 42.6 Å². The van der Waals surface area contributed by atoms with E-state index in [1.807, 2.05) is 43.3 Å². The van der Waals surface area contributed by atoms with Crippen molar-refractivity contribution in [2.24, 2.45) is 5.73 Å². The maximum Gasteiger partial charge on any atom is 0.270 e. The molecule has 2 aromatic rings. The molecule has 0 atom stereocenters. The monoisotopic (exact) mass is 255 g/mol. The molecule has 1 amide bonds. The molecule has 3 N–H and O–H groups in total. The number of rotatable bonds is 4. The van der Waals surface area contributed by atoms with Crippen LogP contribution >= 0.6 is 0 Å². The minimum Gasteiger partial charge on any atom is -0.347 e. The molecule has 4 heteroatoms. The van der Waals surface area contributed by atoms with Gasteiger partial charge in [-0.25, -0.2) is 0 Å². The Labute approximate surface area is 112 Å². The summed E-state index contributed by atoms with van der Waals surface area (Å²) in [7, 11) is 0. The molecule has 0 bridgehead atoms. The van der Waals surface area contributed by atoms with Crippen LogP contribution in [0.4, 0.5) is 0 Å². The van der Waals surface area contributed by atoms with Gasteiger partial charge in [0, 0.05) is 19.3 Å². The van der Waals surface area contributed by atoms with E-state index in [9.17, 15) is 4.79 Å². The third-order valence-electron chi connectivity index (χ3n) is 2.90. The minimum absolute atomic E-state index is 0.156. The Hall–Kier alpha value is -2.20. The SMILES string of the molecule is Cc1cccnc1C(=O)NCc1cccc(CN)c1. The van der Waals surface area contributed by atoms with Gasteiger partial charge in [-0.1, -0.05) is 30.3 Å². The quantitative estimate of drug-likeness (QED) is 0.875. The highest BCUT2D eigenvalue weighted by atomic mass is 16.1. The van der Waals surface area contributed by atoms with E-state index in [1.54, 1.807) is 6.20 Å². The number of nitrogens with one attached hydrogen (secondary N) is 1. The van der Waals surface area contributed by atoms with Gasteiger partial charge in [-0.15, -0.1) is 0 Å². The zero-order valence-corrected chi connectivity index (χ0v) is 10.9. The molecule has 0 radical (unpaired) electrons. The summed E-state index contributed by atoms with van der Waals surface area (Å²) < 4.78 is 0. The minimum atomic E-state index is -0.156. The summed E-state index contributed by atoms with van der Waals surface area (Å²) in [5, 5.41) is 2.87. The normalized spacial score (nSPS) is 10.2. The smallest absolute Gasteiger partial charge is 0.270 e. The highest BCUT2D eigenvalue weighted by molar-refractivity contribution is 5.93. The predicted molar refractivity (Wildman–Crippen MR) is 74.5 cm³/mol. The number of hydrogen-bond acceptors (Lipinski definition) is 3. The van der Waals surface area contributed by atoms with Crippen molar-refractivity contribution in [3.05, 3.63) is 65.0 Å². The summed E-state index contributed by atoms with van der Waals surface area (Å²) in [4.78, 5) is 16.1. The van der Waals surface area contributed by atoms with E-state index in [-0.39, 0.29) is 5.91 Å². The Bertz CT molecular complexity index is 581. The van der Waals surface area contributed by atoms with Crippen LogP contribution in [0.25, 0.3) is 0 Å². The lowest BCUT2D eigenvalue weighted by molar-refractivity contribution is 0.0945. The highest BCUT2D eigenvalue weighted by Crippen LogP contribution is 2.06. The number of hydrogen-bond donors (Lipinski definition) is 2. The molecule has 1 aromatic carbocycles. The molecule has 0 unspecified atom stereocenters. The van der Waals surface area contributed by atoms with Crippen LogP contribution in [-0.2, 0) is 13.1 Å². The van der Waals surface area contributed by atoms with E-state index in [2.05, 4.69) is 10.3 Å². The average molecular weight is 255 g/mol. The fraction of sp³-hybridized carbons (Fsp3) is 0.200. The van der Waals surface area contributed by atoms with Crippen LogP contribution < -0.4 is 11.1 Å². The topological polar surface area (TPSA) is 68.0 Å². The van der Waals surface area contributed by atoms with Gasteiger partial charge in [-0.2, -0.15) is 0 Å². The summed E-state index contributed by atoms with van der Waals surface area (Å²) in [6, 6.07) is 11.5. The molecule has 0 saturated carbocycles. The van der Waals surface area contributed by atoms with Crippen LogP contribution in [0.2, 0.25) is 0 Å². The number of aryl methyl sites for hydroxylation is 1. The van der Waals surface area contributed by atoms with Gasteiger partial charge in [0.05, 0.1) is 0 Å². The molecule has 0 aliphatic rings. The lowest BCUT2D eigenvalue weighted by atomic mass is 10.1. The molecule has 4 nitrogen and oxygen atoms in total. The number of carbonyl (C=O) groups is 1. The molecule has 98 valence electrons. The average Bonchev–Trinajstić information content (AvgIpc) is 2.45. The number of nitrogens with zero attached hydrogens (tertiary/aromatic N) is 1. The van der Waals surface area contributed by atoms with Crippen LogP contribution in [0.1, 0.15) is 27.2 Å². The summed E-state index contributed by atoms with van der Waals surface area (Å²) in [6.45, 7) is 2.85. The van der Waals surface area contributed by atoms with Crippen molar-refractivity contribution in [3.8, 4) is 0 Å². The van der Waals surface area contributed by atoms with Gasteiger partial charge in [0.1, 0.15) is 5.69 Å². The number of aromatic nitrogens is 1. The third-order valence-corrected chi connectivity index (χ3v) is 2.90. The molecule has 2 rings (SSSR count). The van der Waals surface area contributed by atoms with E-state index in [0.29, 0.717) is 18.8 Å². The van der Waals surface area contributed by atoms with Gasteiger partial charge in [0.25, 0.3) is 5.91 Å². The summed E-state index contributed by atoms with van der Waals surface area (Å²) in [6.07, 6.45) is 1.62. The van der Waals surface area contributed by atoms with Crippen molar-refractivity contribution in [1.82, 2.24) is 10.3 Å².